The second kappa shape index (κ2) is 7.56. The molecule has 0 heterocycles. The van der Waals surface area contributed by atoms with Gasteiger partial charge in [-0.25, -0.2) is 0 Å². The van der Waals surface area contributed by atoms with Gasteiger partial charge in [-0.1, -0.05) is 0 Å². The molecule has 0 aromatic heterocycles. The normalized spacial score (nSPS) is 10.3. The molecule has 0 fully saturated rings. The number of benzene rings is 1. The van der Waals surface area contributed by atoms with Crippen molar-refractivity contribution in [2.45, 2.75) is 6.92 Å². The predicted octanol–water partition coefficient (Wildman–Crippen LogP) is 0.984. The maximum absolute atomic E-state index is 12.3. The average Bonchev–Trinajstić information content (AvgIpc) is 2.42. The highest BCUT2D eigenvalue weighted by molar-refractivity contribution is 5.96. The number of non-ortho nitro benzene ring substituents is 1. The van der Waals surface area contributed by atoms with Gasteiger partial charge in [-0.3, -0.25) is 14.9 Å². The molecule has 1 amide bonds. The first-order valence-electron chi connectivity index (χ1n) is 6.15. The first kappa shape index (κ1) is 16.1. The Bertz CT molecular complexity index is 490. The fraction of sp³-hybridized carbons (Fsp3) is 0.462. The molecular formula is C13H18N2O5. The Morgan fingerprint density at radius 1 is 1.45 bits per heavy atom. The van der Waals surface area contributed by atoms with Crippen LogP contribution in [0.5, 0.6) is 0 Å². The van der Waals surface area contributed by atoms with Crippen LogP contribution < -0.4 is 0 Å². The maximum atomic E-state index is 12.3. The van der Waals surface area contributed by atoms with Crippen LogP contribution in [0.4, 0.5) is 5.69 Å². The van der Waals surface area contributed by atoms with Gasteiger partial charge in [0.05, 0.1) is 18.1 Å². The van der Waals surface area contributed by atoms with E-state index in [0.717, 1.165) is 0 Å². The van der Waals surface area contributed by atoms with Crippen molar-refractivity contribution < 1.29 is 19.6 Å². The van der Waals surface area contributed by atoms with Crippen molar-refractivity contribution >= 4 is 11.6 Å². The molecule has 1 aromatic rings. The third kappa shape index (κ3) is 4.01. The highest BCUT2D eigenvalue weighted by Gasteiger charge is 2.19. The van der Waals surface area contributed by atoms with E-state index in [1.54, 1.807) is 6.92 Å². The summed E-state index contributed by atoms with van der Waals surface area (Å²) in [6.07, 6.45) is 0. The van der Waals surface area contributed by atoms with Crippen LogP contribution in [0.25, 0.3) is 0 Å². The summed E-state index contributed by atoms with van der Waals surface area (Å²) in [5.41, 5.74) is 0.870. The molecule has 1 aromatic carbocycles. The van der Waals surface area contributed by atoms with Gasteiger partial charge in [-0.15, -0.1) is 0 Å². The molecule has 1 N–H and O–H groups in total. The number of rotatable bonds is 7. The fourth-order valence-corrected chi connectivity index (χ4v) is 1.81. The number of hydrogen-bond donors (Lipinski definition) is 1. The van der Waals surface area contributed by atoms with E-state index in [4.69, 9.17) is 9.84 Å². The van der Waals surface area contributed by atoms with Gasteiger partial charge in [0.15, 0.2) is 0 Å². The minimum Gasteiger partial charge on any atom is -0.395 e. The molecule has 0 saturated heterocycles. The lowest BCUT2D eigenvalue weighted by Gasteiger charge is -2.22. The highest BCUT2D eigenvalue weighted by Crippen LogP contribution is 2.18. The molecule has 1 rings (SSSR count). The molecule has 0 saturated carbocycles. The maximum Gasteiger partial charge on any atom is 0.269 e. The van der Waals surface area contributed by atoms with E-state index in [2.05, 4.69) is 0 Å². The Kier molecular flexibility index (Phi) is 6.08. The zero-order valence-corrected chi connectivity index (χ0v) is 11.5. The Morgan fingerprint density at radius 2 is 2.15 bits per heavy atom. The molecule has 0 aliphatic carbocycles. The zero-order chi connectivity index (χ0) is 15.1. The van der Waals surface area contributed by atoms with E-state index in [1.165, 1.54) is 30.2 Å². The molecule has 7 heteroatoms. The Hall–Kier alpha value is -1.99. The van der Waals surface area contributed by atoms with Gasteiger partial charge in [-0.05, 0) is 18.6 Å². The molecule has 0 atom stereocenters. The first-order chi connectivity index (χ1) is 9.51. The Labute approximate surface area is 116 Å². The van der Waals surface area contributed by atoms with Crippen LogP contribution in [0.3, 0.4) is 0 Å². The SMILES string of the molecule is COCCN(CCO)C(=O)c1ccc([N+](=O)[O-])cc1C. The number of aliphatic hydroxyl groups excluding tert-OH is 1. The molecule has 0 bridgehead atoms. The molecule has 0 aliphatic rings. The van der Waals surface area contributed by atoms with Gasteiger partial charge in [0, 0.05) is 37.9 Å². The topological polar surface area (TPSA) is 92.9 Å². The number of ether oxygens (including phenoxy) is 1. The third-order valence-corrected chi connectivity index (χ3v) is 2.87. The lowest BCUT2D eigenvalue weighted by atomic mass is 10.1. The summed E-state index contributed by atoms with van der Waals surface area (Å²) in [4.78, 5) is 24.0. The highest BCUT2D eigenvalue weighted by atomic mass is 16.6. The minimum atomic E-state index is -0.502. The largest absolute Gasteiger partial charge is 0.395 e. The van der Waals surface area contributed by atoms with E-state index in [1.807, 2.05) is 0 Å². The van der Waals surface area contributed by atoms with E-state index < -0.39 is 4.92 Å². The predicted molar refractivity (Wildman–Crippen MR) is 72.7 cm³/mol. The number of nitrogens with zero attached hydrogens (tertiary/aromatic N) is 2. The van der Waals surface area contributed by atoms with E-state index in [9.17, 15) is 14.9 Å². The molecule has 0 aliphatic heterocycles. The quantitative estimate of drug-likeness (QED) is 0.594. The van der Waals surface area contributed by atoms with Crippen LogP contribution in [-0.4, -0.2) is 54.3 Å². The van der Waals surface area contributed by atoms with Crippen molar-refractivity contribution in [2.24, 2.45) is 0 Å². The van der Waals surface area contributed by atoms with Crippen LogP contribution >= 0.6 is 0 Å². The van der Waals surface area contributed by atoms with Gasteiger partial charge in [-0.2, -0.15) is 0 Å². The van der Waals surface area contributed by atoms with E-state index >= 15 is 0 Å². The molecule has 110 valence electrons. The van der Waals surface area contributed by atoms with Crippen molar-refractivity contribution in [3.05, 3.63) is 39.4 Å². The fourth-order valence-electron chi connectivity index (χ4n) is 1.81. The standard InChI is InChI=1S/C13H18N2O5/c1-10-9-11(15(18)19)3-4-12(10)13(17)14(5-7-16)6-8-20-2/h3-4,9,16H,5-8H2,1-2H3. The van der Waals surface area contributed by atoms with Crippen molar-refractivity contribution in [3.63, 3.8) is 0 Å². The minimum absolute atomic E-state index is 0.0513. The molecule has 20 heavy (non-hydrogen) atoms. The molecular weight excluding hydrogens is 264 g/mol. The third-order valence-electron chi connectivity index (χ3n) is 2.87. The van der Waals surface area contributed by atoms with Crippen LogP contribution in [-0.2, 0) is 4.74 Å². The number of hydrogen-bond acceptors (Lipinski definition) is 5. The number of aliphatic hydroxyl groups is 1. The summed E-state index contributed by atoms with van der Waals surface area (Å²) in [5.74, 6) is -0.275. The van der Waals surface area contributed by atoms with E-state index in [-0.39, 0.29) is 24.7 Å². The summed E-state index contributed by atoms with van der Waals surface area (Å²) < 4.78 is 4.92. The van der Waals surface area contributed by atoms with Gasteiger partial charge in [0.2, 0.25) is 0 Å². The number of carbonyl (C=O) groups is 1. The summed E-state index contributed by atoms with van der Waals surface area (Å²) in [5, 5.41) is 19.7. The zero-order valence-electron chi connectivity index (χ0n) is 11.5. The number of carbonyl (C=O) groups excluding carboxylic acids is 1. The lowest BCUT2D eigenvalue weighted by Crippen LogP contribution is -2.36. The summed E-state index contributed by atoms with van der Waals surface area (Å²) in [6, 6.07) is 4.10. The molecule has 7 nitrogen and oxygen atoms in total. The van der Waals surface area contributed by atoms with Crippen LogP contribution in [0, 0.1) is 17.0 Å². The second-order valence-electron chi connectivity index (χ2n) is 4.26. The summed E-state index contributed by atoms with van der Waals surface area (Å²) in [7, 11) is 1.53. The van der Waals surface area contributed by atoms with Gasteiger partial charge >= 0.3 is 0 Å². The van der Waals surface area contributed by atoms with Crippen molar-refractivity contribution in [3.8, 4) is 0 Å². The molecule has 0 radical (unpaired) electrons. The van der Waals surface area contributed by atoms with Gasteiger partial charge in [0.25, 0.3) is 11.6 Å². The number of nitro benzene ring substituents is 1. The Balaban J connectivity index is 2.96. The number of methoxy groups -OCH3 is 1. The van der Waals surface area contributed by atoms with Crippen molar-refractivity contribution in [1.82, 2.24) is 4.90 Å². The molecule has 0 spiro atoms. The number of aryl methyl sites for hydroxylation is 1. The summed E-state index contributed by atoms with van der Waals surface area (Å²) >= 11 is 0. The second-order valence-corrected chi connectivity index (χ2v) is 4.26. The number of amides is 1. The van der Waals surface area contributed by atoms with Crippen LogP contribution in [0.1, 0.15) is 15.9 Å². The van der Waals surface area contributed by atoms with Crippen molar-refractivity contribution in [1.29, 1.82) is 0 Å². The lowest BCUT2D eigenvalue weighted by molar-refractivity contribution is -0.384. The average molecular weight is 282 g/mol. The summed E-state index contributed by atoms with van der Waals surface area (Å²) in [6.45, 7) is 2.40. The van der Waals surface area contributed by atoms with Crippen LogP contribution in [0.2, 0.25) is 0 Å². The van der Waals surface area contributed by atoms with Gasteiger partial charge in [0.1, 0.15) is 0 Å². The first-order valence-corrected chi connectivity index (χ1v) is 6.15. The molecule has 0 unspecified atom stereocenters. The smallest absolute Gasteiger partial charge is 0.269 e. The Morgan fingerprint density at radius 3 is 2.65 bits per heavy atom. The van der Waals surface area contributed by atoms with Gasteiger partial charge < -0.3 is 14.7 Å². The monoisotopic (exact) mass is 282 g/mol. The van der Waals surface area contributed by atoms with Crippen LogP contribution in [0.15, 0.2) is 18.2 Å². The van der Waals surface area contributed by atoms with E-state index in [0.29, 0.717) is 24.3 Å². The number of nitro groups is 1. The van der Waals surface area contributed by atoms with Crippen molar-refractivity contribution in [2.75, 3.05) is 33.4 Å².